The van der Waals surface area contributed by atoms with Crippen LogP contribution in [0.25, 0.3) is 0 Å². The molecule has 3 nitrogen and oxygen atoms in total. The molecule has 4 saturated carbocycles. The largest absolute Gasteiger partial charge is 0.369 e. The first-order chi connectivity index (χ1) is 10.5. The van der Waals surface area contributed by atoms with Gasteiger partial charge in [0.15, 0.2) is 0 Å². The molecule has 2 N–H and O–H groups in total. The van der Waals surface area contributed by atoms with E-state index in [1.165, 1.54) is 12.0 Å². The van der Waals surface area contributed by atoms with Crippen LogP contribution in [0.1, 0.15) is 38.2 Å². The molecule has 4 bridgehead atoms. The number of hydrogen-bond donors (Lipinski definition) is 1. The summed E-state index contributed by atoms with van der Waals surface area (Å²) < 4.78 is 0. The zero-order valence-corrected chi connectivity index (χ0v) is 13.6. The molecule has 0 heterocycles. The Morgan fingerprint density at radius 2 is 2.00 bits per heavy atom. The number of benzene rings is 1. The van der Waals surface area contributed by atoms with Gasteiger partial charge in [-0.25, -0.2) is 0 Å². The van der Waals surface area contributed by atoms with Gasteiger partial charge in [-0.15, -0.1) is 0 Å². The molecule has 5 unspecified atom stereocenters. The van der Waals surface area contributed by atoms with Crippen molar-refractivity contribution >= 4 is 5.91 Å². The molecular weight excluding hydrogens is 272 g/mol. The molecule has 1 aromatic carbocycles. The highest BCUT2D eigenvalue weighted by molar-refractivity contribution is 5.83. The van der Waals surface area contributed by atoms with Gasteiger partial charge in [-0.3, -0.25) is 4.79 Å². The minimum Gasteiger partial charge on any atom is -0.369 e. The second kappa shape index (κ2) is 4.58. The predicted octanol–water partition coefficient (Wildman–Crippen LogP) is 2.55. The van der Waals surface area contributed by atoms with E-state index in [2.05, 4.69) is 49.2 Å². The molecule has 0 saturated heterocycles. The number of hydrogen-bond acceptors (Lipinski definition) is 2. The van der Waals surface area contributed by atoms with Crippen LogP contribution in [0.2, 0.25) is 0 Å². The summed E-state index contributed by atoms with van der Waals surface area (Å²) in [5.41, 5.74) is 7.29. The fourth-order valence-corrected chi connectivity index (χ4v) is 6.24. The van der Waals surface area contributed by atoms with Gasteiger partial charge >= 0.3 is 0 Å². The third-order valence-electron chi connectivity index (χ3n) is 7.03. The van der Waals surface area contributed by atoms with Gasteiger partial charge in [-0.1, -0.05) is 37.3 Å². The molecule has 0 aromatic heterocycles. The SMILES string of the molecule is CCN(C)C1C2CC3(c4ccccc4)CC1C(C(N)=O)(C2)C3. The van der Waals surface area contributed by atoms with Crippen LogP contribution in [0.5, 0.6) is 0 Å². The van der Waals surface area contributed by atoms with Crippen molar-refractivity contribution in [2.45, 2.75) is 44.1 Å². The number of primary amides is 1. The Balaban J connectivity index is 1.78. The summed E-state index contributed by atoms with van der Waals surface area (Å²) in [6.45, 7) is 3.26. The van der Waals surface area contributed by atoms with Crippen molar-refractivity contribution in [1.29, 1.82) is 0 Å². The van der Waals surface area contributed by atoms with Gasteiger partial charge in [-0.05, 0) is 62.1 Å². The molecule has 1 aromatic rings. The van der Waals surface area contributed by atoms with E-state index in [0.29, 0.717) is 17.9 Å². The lowest BCUT2D eigenvalue weighted by Crippen LogP contribution is -2.46. The van der Waals surface area contributed by atoms with Crippen molar-refractivity contribution in [2.75, 3.05) is 13.6 Å². The fraction of sp³-hybridized carbons (Fsp3) is 0.632. The quantitative estimate of drug-likeness (QED) is 0.928. The molecule has 3 heteroatoms. The number of rotatable bonds is 4. The molecule has 5 rings (SSSR count). The second-order valence-corrected chi connectivity index (χ2v) is 7.89. The monoisotopic (exact) mass is 298 g/mol. The summed E-state index contributed by atoms with van der Waals surface area (Å²) >= 11 is 0. The van der Waals surface area contributed by atoms with E-state index in [1.54, 1.807) is 0 Å². The van der Waals surface area contributed by atoms with Gasteiger partial charge in [0.2, 0.25) is 5.91 Å². The molecule has 22 heavy (non-hydrogen) atoms. The topological polar surface area (TPSA) is 46.3 Å². The van der Waals surface area contributed by atoms with Crippen LogP contribution in [0.15, 0.2) is 30.3 Å². The van der Waals surface area contributed by atoms with Crippen molar-refractivity contribution in [3.8, 4) is 0 Å². The van der Waals surface area contributed by atoms with Crippen LogP contribution >= 0.6 is 0 Å². The highest BCUT2D eigenvalue weighted by Crippen LogP contribution is 2.71. The first-order valence-electron chi connectivity index (χ1n) is 8.58. The summed E-state index contributed by atoms with van der Waals surface area (Å²) in [4.78, 5) is 14.9. The highest BCUT2D eigenvalue weighted by Gasteiger charge is 2.70. The van der Waals surface area contributed by atoms with Crippen LogP contribution in [0, 0.1) is 17.3 Å². The molecule has 0 spiro atoms. The minimum absolute atomic E-state index is 0.0491. The third-order valence-corrected chi connectivity index (χ3v) is 7.03. The molecule has 1 amide bonds. The van der Waals surface area contributed by atoms with Crippen LogP contribution in [0.3, 0.4) is 0 Å². The first kappa shape index (κ1) is 14.3. The van der Waals surface area contributed by atoms with Crippen molar-refractivity contribution in [1.82, 2.24) is 4.90 Å². The number of carbonyl (C=O) groups is 1. The Bertz CT molecular complexity index is 601. The van der Waals surface area contributed by atoms with E-state index in [1.807, 2.05) is 0 Å². The Morgan fingerprint density at radius 1 is 1.27 bits per heavy atom. The zero-order chi connectivity index (χ0) is 15.5. The van der Waals surface area contributed by atoms with Crippen LogP contribution < -0.4 is 5.73 Å². The Morgan fingerprint density at radius 3 is 2.64 bits per heavy atom. The summed E-state index contributed by atoms with van der Waals surface area (Å²) in [7, 11) is 2.21. The number of nitrogens with two attached hydrogens (primary N) is 1. The normalized spacial score (nSPS) is 42.2. The van der Waals surface area contributed by atoms with Crippen molar-refractivity contribution in [3.05, 3.63) is 35.9 Å². The number of amides is 1. The van der Waals surface area contributed by atoms with E-state index >= 15 is 0 Å². The first-order valence-corrected chi connectivity index (χ1v) is 8.58. The van der Waals surface area contributed by atoms with E-state index < -0.39 is 0 Å². The van der Waals surface area contributed by atoms with Gasteiger partial charge in [0.1, 0.15) is 0 Å². The second-order valence-electron chi connectivity index (χ2n) is 7.89. The number of nitrogens with zero attached hydrogens (tertiary/aromatic N) is 1. The standard InChI is InChI=1S/C19H26N2O/c1-3-21(2)16-13-9-18(14-7-5-4-6-8-14)11-15(16)19(10-13,12-18)17(20)22/h4-8,13,15-16H,3,9-12H2,1-2H3,(H2,20,22). The van der Waals surface area contributed by atoms with Crippen LogP contribution in [-0.2, 0) is 10.2 Å². The predicted molar refractivity (Wildman–Crippen MR) is 87.3 cm³/mol. The highest BCUT2D eigenvalue weighted by atomic mass is 16.1. The van der Waals surface area contributed by atoms with Gasteiger partial charge in [0.05, 0.1) is 5.41 Å². The van der Waals surface area contributed by atoms with Gasteiger partial charge in [0, 0.05) is 6.04 Å². The summed E-state index contributed by atoms with van der Waals surface area (Å²) in [5.74, 6) is 1.01. The van der Waals surface area contributed by atoms with Gasteiger partial charge in [-0.2, -0.15) is 0 Å². The Hall–Kier alpha value is -1.35. The van der Waals surface area contributed by atoms with Crippen molar-refractivity contribution in [2.24, 2.45) is 23.0 Å². The lowest BCUT2D eigenvalue weighted by molar-refractivity contribution is -0.129. The molecular formula is C19H26N2O. The van der Waals surface area contributed by atoms with Crippen molar-refractivity contribution in [3.63, 3.8) is 0 Å². The maximum atomic E-state index is 12.4. The van der Waals surface area contributed by atoms with Crippen LogP contribution in [0.4, 0.5) is 0 Å². The summed E-state index contributed by atoms with van der Waals surface area (Å²) in [6, 6.07) is 11.4. The van der Waals surface area contributed by atoms with Gasteiger partial charge < -0.3 is 10.6 Å². The van der Waals surface area contributed by atoms with E-state index in [4.69, 9.17) is 5.73 Å². The molecule has 4 aliphatic rings. The molecule has 4 aliphatic carbocycles. The van der Waals surface area contributed by atoms with E-state index in [0.717, 1.165) is 25.8 Å². The average Bonchev–Trinajstić information content (AvgIpc) is 2.91. The Kier molecular flexibility index (Phi) is 2.96. The number of carbonyl (C=O) groups excluding carboxylic acids is 1. The summed E-state index contributed by atoms with van der Waals surface area (Å²) in [6.07, 6.45) is 4.33. The van der Waals surface area contributed by atoms with E-state index in [-0.39, 0.29) is 16.7 Å². The molecule has 0 aliphatic heterocycles. The van der Waals surface area contributed by atoms with E-state index in [9.17, 15) is 4.79 Å². The molecule has 118 valence electrons. The van der Waals surface area contributed by atoms with Gasteiger partial charge in [0.25, 0.3) is 0 Å². The fourth-order valence-electron chi connectivity index (χ4n) is 6.24. The average molecular weight is 298 g/mol. The zero-order valence-electron chi connectivity index (χ0n) is 13.6. The van der Waals surface area contributed by atoms with Crippen LogP contribution in [-0.4, -0.2) is 30.4 Å². The maximum absolute atomic E-state index is 12.4. The summed E-state index contributed by atoms with van der Waals surface area (Å²) in [5, 5.41) is 0. The molecule has 5 atom stereocenters. The molecule has 0 radical (unpaired) electrons. The Labute approximate surface area is 132 Å². The lowest BCUT2D eigenvalue weighted by atomic mass is 9.63. The lowest BCUT2D eigenvalue weighted by Gasteiger charge is -2.45. The minimum atomic E-state index is -0.257. The third kappa shape index (κ3) is 1.63. The maximum Gasteiger partial charge on any atom is 0.224 e. The smallest absolute Gasteiger partial charge is 0.224 e. The van der Waals surface area contributed by atoms with Crippen molar-refractivity contribution < 1.29 is 4.79 Å². The molecule has 4 fully saturated rings.